The van der Waals surface area contributed by atoms with Crippen LogP contribution in [0.5, 0.6) is 0 Å². The van der Waals surface area contributed by atoms with Crippen molar-refractivity contribution in [3.63, 3.8) is 0 Å². The molecule has 1 radical (unpaired) electrons. The second kappa shape index (κ2) is 2.35. The average Bonchev–Trinajstić information content (AvgIpc) is 1.60. The van der Waals surface area contributed by atoms with E-state index < -0.39 is 12.1 Å². The quantitative estimate of drug-likeness (QED) is 0.595. The zero-order valence-electron chi connectivity index (χ0n) is 5.04. The lowest BCUT2D eigenvalue weighted by Gasteiger charge is -2.25. The molecule has 1 saturated carbocycles. The van der Waals surface area contributed by atoms with Crippen molar-refractivity contribution < 1.29 is 15.0 Å². The van der Waals surface area contributed by atoms with E-state index in [1.165, 1.54) is 0 Å². The van der Waals surface area contributed by atoms with E-state index in [1.807, 2.05) is 0 Å². The van der Waals surface area contributed by atoms with Crippen LogP contribution in [0.4, 0.5) is 0 Å². The highest BCUT2D eigenvalue weighted by Crippen LogP contribution is 2.29. The summed E-state index contributed by atoms with van der Waals surface area (Å²) in [5.74, 6) is -1.28. The van der Waals surface area contributed by atoms with Gasteiger partial charge in [0.15, 0.2) is 6.10 Å². The first-order valence-corrected chi connectivity index (χ1v) is 3.10. The lowest BCUT2D eigenvalue weighted by atomic mass is 9.81. The Morgan fingerprint density at radius 1 is 1.56 bits per heavy atom. The number of carboxylic acid groups (broad SMARTS) is 1. The molecule has 1 aliphatic carbocycles. The van der Waals surface area contributed by atoms with Crippen molar-refractivity contribution in [2.45, 2.75) is 25.4 Å². The highest BCUT2D eigenvalue weighted by Gasteiger charge is 2.31. The van der Waals surface area contributed by atoms with Crippen LogP contribution >= 0.6 is 0 Å². The Kier molecular flexibility index (Phi) is 1.71. The smallest absolute Gasteiger partial charge is 0.336 e. The number of rotatable bonds is 2. The topological polar surface area (TPSA) is 57.2 Å². The largest absolute Gasteiger partial charge is 0.479 e. The van der Waals surface area contributed by atoms with E-state index in [9.17, 15) is 9.90 Å². The normalized spacial score (nSPS) is 22.8. The van der Waals surface area contributed by atoms with Gasteiger partial charge in [-0.15, -0.1) is 0 Å². The zero-order valence-corrected chi connectivity index (χ0v) is 5.04. The second-order valence-electron chi connectivity index (χ2n) is 2.45. The average molecular weight is 129 g/mol. The monoisotopic (exact) mass is 129 g/mol. The number of carbonyl (C=O) groups is 1. The Hall–Kier alpha value is -0.570. The maximum atomic E-state index is 10.6. The molecule has 9 heavy (non-hydrogen) atoms. The molecule has 0 aromatic heterocycles. The minimum absolute atomic E-state index is 0.0810. The fourth-order valence-electron chi connectivity index (χ4n) is 0.944. The molecule has 0 bridgehead atoms. The molecule has 0 spiro atoms. The molecule has 1 aliphatic rings. The van der Waals surface area contributed by atoms with Gasteiger partial charge in [0.25, 0.3) is 0 Å². The second-order valence-corrected chi connectivity index (χ2v) is 2.45. The molecule has 3 nitrogen and oxygen atoms in total. The highest BCUT2D eigenvalue weighted by molar-refractivity contribution is 5.72. The van der Waals surface area contributed by atoms with Crippen LogP contribution in [-0.2, 0) is 9.90 Å². The van der Waals surface area contributed by atoms with Crippen LogP contribution in [0, 0.1) is 5.92 Å². The Bertz CT molecular complexity index is 117. The Balaban J connectivity index is 2.32. The predicted molar refractivity (Wildman–Crippen MR) is 29.5 cm³/mol. The number of hydrogen-bond donors (Lipinski definition) is 1. The van der Waals surface area contributed by atoms with Crippen molar-refractivity contribution in [3.8, 4) is 0 Å². The lowest BCUT2D eigenvalue weighted by molar-refractivity contribution is -0.156. The standard InChI is InChI=1S/C6H9O3/c7-5(6(8)9)4-2-1-3-4/h4-5H,1-3H2,(H,8,9). The van der Waals surface area contributed by atoms with Gasteiger partial charge in [-0.05, 0) is 18.8 Å². The van der Waals surface area contributed by atoms with Crippen LogP contribution in [0.3, 0.4) is 0 Å². The molecule has 1 unspecified atom stereocenters. The van der Waals surface area contributed by atoms with Gasteiger partial charge in [0, 0.05) is 0 Å². The van der Waals surface area contributed by atoms with E-state index in [0.29, 0.717) is 0 Å². The van der Waals surface area contributed by atoms with Crippen LogP contribution in [0.15, 0.2) is 0 Å². The fourth-order valence-corrected chi connectivity index (χ4v) is 0.944. The van der Waals surface area contributed by atoms with Gasteiger partial charge in [-0.3, -0.25) is 0 Å². The van der Waals surface area contributed by atoms with Gasteiger partial charge in [0.2, 0.25) is 0 Å². The summed E-state index contributed by atoms with van der Waals surface area (Å²) in [6.07, 6.45) is 1.27. The van der Waals surface area contributed by atoms with Gasteiger partial charge in [0.05, 0.1) is 0 Å². The molecule has 0 aliphatic heterocycles. The van der Waals surface area contributed by atoms with Gasteiger partial charge >= 0.3 is 5.97 Å². The maximum Gasteiger partial charge on any atom is 0.336 e. The van der Waals surface area contributed by atoms with E-state index in [-0.39, 0.29) is 5.92 Å². The first-order valence-electron chi connectivity index (χ1n) is 3.10. The van der Waals surface area contributed by atoms with Crippen molar-refractivity contribution in [3.05, 3.63) is 0 Å². The molecule has 0 saturated heterocycles. The minimum atomic E-state index is -1.36. The SMILES string of the molecule is [O]C(C(=O)O)C1CCC1. The molecule has 0 aromatic carbocycles. The van der Waals surface area contributed by atoms with E-state index >= 15 is 0 Å². The van der Waals surface area contributed by atoms with Crippen LogP contribution in [0.1, 0.15) is 19.3 Å². The Morgan fingerprint density at radius 3 is 2.22 bits per heavy atom. The lowest BCUT2D eigenvalue weighted by Crippen LogP contribution is -2.32. The van der Waals surface area contributed by atoms with Gasteiger partial charge in [-0.1, -0.05) is 6.42 Å². The third-order valence-corrected chi connectivity index (χ3v) is 1.82. The first-order chi connectivity index (χ1) is 4.22. The van der Waals surface area contributed by atoms with Gasteiger partial charge in [-0.2, -0.15) is 0 Å². The van der Waals surface area contributed by atoms with E-state index in [1.54, 1.807) is 0 Å². The summed E-state index contributed by atoms with van der Waals surface area (Å²) in [6, 6.07) is 0. The molecular weight excluding hydrogens is 120 g/mol. The summed E-state index contributed by atoms with van der Waals surface area (Å²) < 4.78 is 0. The summed E-state index contributed by atoms with van der Waals surface area (Å²) in [5, 5.41) is 18.8. The van der Waals surface area contributed by atoms with Crippen molar-refractivity contribution in [1.82, 2.24) is 0 Å². The maximum absolute atomic E-state index is 10.6. The van der Waals surface area contributed by atoms with Crippen LogP contribution in [-0.4, -0.2) is 17.2 Å². The minimum Gasteiger partial charge on any atom is -0.479 e. The molecule has 0 heterocycles. The van der Waals surface area contributed by atoms with Gasteiger partial charge in [-0.25, -0.2) is 9.90 Å². The molecular formula is C6H9O3. The van der Waals surface area contributed by atoms with Crippen molar-refractivity contribution in [2.24, 2.45) is 5.92 Å². The molecule has 1 atom stereocenters. The molecule has 3 heteroatoms. The van der Waals surface area contributed by atoms with E-state index in [2.05, 4.69) is 0 Å². The first kappa shape index (κ1) is 6.55. The van der Waals surface area contributed by atoms with Crippen LogP contribution < -0.4 is 0 Å². The van der Waals surface area contributed by atoms with Gasteiger partial charge in [0.1, 0.15) is 0 Å². The van der Waals surface area contributed by atoms with Crippen LogP contribution in [0.2, 0.25) is 0 Å². The highest BCUT2D eigenvalue weighted by atomic mass is 16.4. The third-order valence-electron chi connectivity index (χ3n) is 1.82. The fraction of sp³-hybridized carbons (Fsp3) is 0.833. The number of carboxylic acids is 1. The number of hydrogen-bond acceptors (Lipinski definition) is 1. The van der Waals surface area contributed by atoms with E-state index in [4.69, 9.17) is 5.11 Å². The van der Waals surface area contributed by atoms with Crippen molar-refractivity contribution >= 4 is 5.97 Å². The summed E-state index contributed by atoms with van der Waals surface area (Å²) in [6.45, 7) is 0. The molecule has 1 N–H and O–H groups in total. The summed E-state index contributed by atoms with van der Waals surface area (Å²) in [7, 11) is 0. The molecule has 51 valence electrons. The third kappa shape index (κ3) is 1.21. The summed E-state index contributed by atoms with van der Waals surface area (Å²) >= 11 is 0. The Morgan fingerprint density at radius 2 is 2.11 bits per heavy atom. The molecule has 0 aromatic rings. The molecule has 1 rings (SSSR count). The predicted octanol–water partition coefficient (Wildman–Crippen LogP) is 0.670. The molecule has 0 amide bonds. The summed E-state index contributed by atoms with van der Waals surface area (Å²) in [4.78, 5) is 10.0. The van der Waals surface area contributed by atoms with Gasteiger partial charge < -0.3 is 5.11 Å². The molecule has 1 fully saturated rings. The Labute approximate surface area is 53.3 Å². The number of aliphatic carboxylic acids is 1. The van der Waals surface area contributed by atoms with Crippen molar-refractivity contribution in [1.29, 1.82) is 0 Å². The van der Waals surface area contributed by atoms with Crippen molar-refractivity contribution in [2.75, 3.05) is 0 Å². The summed E-state index contributed by atoms with van der Waals surface area (Å²) in [5.41, 5.74) is 0. The van der Waals surface area contributed by atoms with Crippen LogP contribution in [0.25, 0.3) is 0 Å². The van der Waals surface area contributed by atoms with E-state index in [0.717, 1.165) is 19.3 Å². The zero-order chi connectivity index (χ0) is 6.85.